The highest BCUT2D eigenvalue weighted by molar-refractivity contribution is 5.43. The van der Waals surface area contributed by atoms with Crippen molar-refractivity contribution in [3.8, 4) is 0 Å². The summed E-state index contributed by atoms with van der Waals surface area (Å²) in [6.45, 7) is 14.1. The molecule has 0 aliphatic heterocycles. The SMILES string of the molecule is Cc1cc(C)c(C)c(CN(C)CCC(C)CN)c1C. The van der Waals surface area contributed by atoms with Crippen LogP contribution in [0.2, 0.25) is 0 Å². The van der Waals surface area contributed by atoms with Crippen LogP contribution in [0.1, 0.15) is 41.2 Å². The van der Waals surface area contributed by atoms with Gasteiger partial charge in [0, 0.05) is 6.54 Å². The van der Waals surface area contributed by atoms with E-state index in [0.717, 1.165) is 19.6 Å². The molecule has 108 valence electrons. The fourth-order valence-corrected chi connectivity index (χ4v) is 2.44. The second kappa shape index (κ2) is 7.06. The van der Waals surface area contributed by atoms with Crippen molar-refractivity contribution in [2.75, 3.05) is 20.1 Å². The van der Waals surface area contributed by atoms with Crippen LogP contribution in [0.3, 0.4) is 0 Å². The summed E-state index contributed by atoms with van der Waals surface area (Å²) >= 11 is 0. The zero-order valence-corrected chi connectivity index (χ0v) is 13.5. The van der Waals surface area contributed by atoms with Crippen LogP contribution >= 0.6 is 0 Å². The molecule has 0 aliphatic rings. The van der Waals surface area contributed by atoms with Gasteiger partial charge in [0.15, 0.2) is 0 Å². The van der Waals surface area contributed by atoms with Crippen LogP contribution in [0.15, 0.2) is 6.07 Å². The molecule has 0 amide bonds. The Bertz CT molecular complexity index is 398. The average Bonchev–Trinajstić information content (AvgIpc) is 2.38. The summed E-state index contributed by atoms with van der Waals surface area (Å²) in [5, 5.41) is 0. The summed E-state index contributed by atoms with van der Waals surface area (Å²) in [7, 11) is 2.21. The zero-order chi connectivity index (χ0) is 14.6. The lowest BCUT2D eigenvalue weighted by atomic mass is 9.94. The van der Waals surface area contributed by atoms with E-state index in [2.05, 4.69) is 52.6 Å². The molecule has 0 heterocycles. The molecule has 19 heavy (non-hydrogen) atoms. The monoisotopic (exact) mass is 262 g/mol. The third kappa shape index (κ3) is 4.32. The largest absolute Gasteiger partial charge is 0.330 e. The predicted molar refractivity (Wildman–Crippen MR) is 84.6 cm³/mol. The summed E-state index contributed by atoms with van der Waals surface area (Å²) < 4.78 is 0. The third-order valence-electron chi connectivity index (χ3n) is 4.36. The Hall–Kier alpha value is -0.860. The number of hydrogen-bond donors (Lipinski definition) is 1. The topological polar surface area (TPSA) is 29.3 Å². The fraction of sp³-hybridized carbons (Fsp3) is 0.647. The number of aryl methyl sites for hydroxylation is 2. The van der Waals surface area contributed by atoms with Gasteiger partial charge in [0.05, 0.1) is 0 Å². The quantitative estimate of drug-likeness (QED) is 0.852. The minimum absolute atomic E-state index is 0.615. The Kier molecular flexibility index (Phi) is 6.02. The van der Waals surface area contributed by atoms with E-state index in [1.165, 1.54) is 34.2 Å². The van der Waals surface area contributed by atoms with Gasteiger partial charge in [-0.15, -0.1) is 0 Å². The van der Waals surface area contributed by atoms with Crippen LogP contribution in [0.5, 0.6) is 0 Å². The lowest BCUT2D eigenvalue weighted by Gasteiger charge is -2.23. The van der Waals surface area contributed by atoms with Gasteiger partial charge >= 0.3 is 0 Å². The maximum absolute atomic E-state index is 5.68. The van der Waals surface area contributed by atoms with Crippen LogP contribution in [0.4, 0.5) is 0 Å². The van der Waals surface area contributed by atoms with Crippen molar-refractivity contribution in [2.24, 2.45) is 11.7 Å². The van der Waals surface area contributed by atoms with Crippen molar-refractivity contribution in [2.45, 2.75) is 47.6 Å². The molecular formula is C17H30N2. The first-order valence-electron chi connectivity index (χ1n) is 7.31. The molecule has 2 N–H and O–H groups in total. The molecule has 1 unspecified atom stereocenters. The summed E-state index contributed by atoms with van der Waals surface area (Å²) in [5.74, 6) is 0.615. The van der Waals surface area contributed by atoms with Gasteiger partial charge in [-0.1, -0.05) is 13.0 Å². The maximum atomic E-state index is 5.68. The van der Waals surface area contributed by atoms with E-state index in [9.17, 15) is 0 Å². The van der Waals surface area contributed by atoms with E-state index < -0.39 is 0 Å². The van der Waals surface area contributed by atoms with Crippen molar-refractivity contribution < 1.29 is 0 Å². The van der Waals surface area contributed by atoms with E-state index in [1.807, 2.05) is 0 Å². The number of benzene rings is 1. The van der Waals surface area contributed by atoms with Crippen LogP contribution in [-0.4, -0.2) is 25.0 Å². The molecule has 1 atom stereocenters. The van der Waals surface area contributed by atoms with Gasteiger partial charge < -0.3 is 10.6 Å². The molecule has 1 aromatic carbocycles. The summed E-state index contributed by atoms with van der Waals surface area (Å²) in [6, 6.07) is 2.30. The first-order chi connectivity index (χ1) is 8.86. The number of rotatable bonds is 6. The lowest BCUT2D eigenvalue weighted by Crippen LogP contribution is -2.24. The number of nitrogens with two attached hydrogens (primary N) is 1. The molecule has 0 saturated heterocycles. The molecular weight excluding hydrogens is 232 g/mol. The molecule has 2 nitrogen and oxygen atoms in total. The predicted octanol–water partition coefficient (Wildman–Crippen LogP) is 3.34. The molecule has 1 aromatic rings. The van der Waals surface area contributed by atoms with E-state index in [4.69, 9.17) is 5.73 Å². The van der Waals surface area contributed by atoms with Crippen LogP contribution in [0, 0.1) is 33.6 Å². The van der Waals surface area contributed by atoms with E-state index in [-0.39, 0.29) is 0 Å². The third-order valence-corrected chi connectivity index (χ3v) is 4.36. The Balaban J connectivity index is 2.76. The molecule has 0 bridgehead atoms. The number of hydrogen-bond acceptors (Lipinski definition) is 2. The highest BCUT2D eigenvalue weighted by Gasteiger charge is 2.11. The van der Waals surface area contributed by atoms with Crippen LogP contribution < -0.4 is 5.73 Å². The molecule has 0 fully saturated rings. The van der Waals surface area contributed by atoms with Crippen molar-refractivity contribution in [1.82, 2.24) is 4.90 Å². The van der Waals surface area contributed by atoms with Crippen LogP contribution in [-0.2, 0) is 6.54 Å². The molecule has 0 aliphatic carbocycles. The normalized spacial score (nSPS) is 13.1. The van der Waals surface area contributed by atoms with Gasteiger partial charge in [0.2, 0.25) is 0 Å². The fourth-order valence-electron chi connectivity index (χ4n) is 2.44. The highest BCUT2D eigenvalue weighted by Crippen LogP contribution is 2.22. The number of nitrogens with zero attached hydrogens (tertiary/aromatic N) is 1. The summed E-state index contributed by atoms with van der Waals surface area (Å²) in [6.07, 6.45) is 1.18. The molecule has 2 heteroatoms. The van der Waals surface area contributed by atoms with Crippen molar-refractivity contribution in [1.29, 1.82) is 0 Å². The van der Waals surface area contributed by atoms with E-state index >= 15 is 0 Å². The molecule has 1 rings (SSSR count). The first kappa shape index (κ1) is 16.2. The van der Waals surface area contributed by atoms with Crippen LogP contribution in [0.25, 0.3) is 0 Å². The molecule has 0 aromatic heterocycles. The average molecular weight is 262 g/mol. The van der Waals surface area contributed by atoms with Gasteiger partial charge in [0.25, 0.3) is 0 Å². The summed E-state index contributed by atoms with van der Waals surface area (Å²) in [4.78, 5) is 2.42. The van der Waals surface area contributed by atoms with Gasteiger partial charge in [-0.05, 0) is 88.0 Å². The van der Waals surface area contributed by atoms with Gasteiger partial charge in [-0.3, -0.25) is 0 Å². The molecule has 0 saturated carbocycles. The Morgan fingerprint density at radius 3 is 2.11 bits per heavy atom. The second-order valence-corrected chi connectivity index (χ2v) is 6.11. The maximum Gasteiger partial charge on any atom is 0.0236 e. The second-order valence-electron chi connectivity index (χ2n) is 6.11. The van der Waals surface area contributed by atoms with E-state index in [1.54, 1.807) is 0 Å². The van der Waals surface area contributed by atoms with Crippen molar-refractivity contribution >= 4 is 0 Å². The Morgan fingerprint density at radius 1 is 1.11 bits per heavy atom. The summed E-state index contributed by atoms with van der Waals surface area (Å²) in [5.41, 5.74) is 12.9. The van der Waals surface area contributed by atoms with E-state index in [0.29, 0.717) is 5.92 Å². The minimum atomic E-state index is 0.615. The molecule has 0 spiro atoms. The Labute approximate surface area is 119 Å². The van der Waals surface area contributed by atoms with Gasteiger partial charge in [-0.25, -0.2) is 0 Å². The van der Waals surface area contributed by atoms with Gasteiger partial charge in [-0.2, -0.15) is 0 Å². The smallest absolute Gasteiger partial charge is 0.0236 e. The Morgan fingerprint density at radius 2 is 1.63 bits per heavy atom. The lowest BCUT2D eigenvalue weighted by molar-refractivity contribution is 0.299. The standard InChI is InChI=1S/C17H30N2/c1-12(10-18)7-8-19(6)11-17-15(4)13(2)9-14(3)16(17)5/h9,12H,7-8,10-11,18H2,1-6H3. The zero-order valence-electron chi connectivity index (χ0n) is 13.5. The molecule has 0 radical (unpaired) electrons. The highest BCUT2D eigenvalue weighted by atomic mass is 15.1. The van der Waals surface area contributed by atoms with Crippen molar-refractivity contribution in [3.63, 3.8) is 0 Å². The van der Waals surface area contributed by atoms with Gasteiger partial charge in [0.1, 0.15) is 0 Å². The van der Waals surface area contributed by atoms with Crippen molar-refractivity contribution in [3.05, 3.63) is 33.9 Å². The minimum Gasteiger partial charge on any atom is -0.330 e. The first-order valence-corrected chi connectivity index (χ1v) is 7.31.